The van der Waals surface area contributed by atoms with Crippen LogP contribution in [-0.2, 0) is 4.79 Å². The zero-order valence-electron chi connectivity index (χ0n) is 35.0. The third-order valence-electron chi connectivity index (χ3n) is 12.8. The van der Waals surface area contributed by atoms with Crippen LogP contribution in [0.15, 0.2) is 85.5 Å². The van der Waals surface area contributed by atoms with Crippen LogP contribution in [0, 0.1) is 13.8 Å². The summed E-state index contributed by atoms with van der Waals surface area (Å²) in [6.45, 7) is 12.7. The van der Waals surface area contributed by atoms with Crippen LogP contribution in [0.1, 0.15) is 90.2 Å². The summed E-state index contributed by atoms with van der Waals surface area (Å²) in [7, 11) is 4.36. The first kappa shape index (κ1) is 39.3. The van der Waals surface area contributed by atoms with E-state index in [9.17, 15) is 4.79 Å². The number of rotatable bonds is 6. The number of piperidine rings is 2. The molecule has 0 aliphatic carbocycles. The predicted octanol–water partition coefficient (Wildman–Crippen LogP) is 5.87. The molecule has 4 aliphatic heterocycles. The molecule has 2 unspecified atom stereocenters. The Morgan fingerprint density at radius 3 is 1.58 bits per heavy atom. The Kier molecular flexibility index (Phi) is 11.4. The SMILES string of the molecule is Cc1cccnc1C1CC(=O)CC(c2cn3c(N4CCN(C)CC4)cccc3n2)N1.Cc1cccnc1[C@@H]1CCC[C@H](c2cn3c(N4CCN(C)CC4)cccc3n2)N1. The van der Waals surface area contributed by atoms with E-state index in [-0.39, 0.29) is 23.9 Å². The molecule has 6 aromatic rings. The summed E-state index contributed by atoms with van der Waals surface area (Å²) >= 11 is 0. The van der Waals surface area contributed by atoms with Crippen molar-refractivity contribution in [2.24, 2.45) is 0 Å². The lowest BCUT2D eigenvalue weighted by molar-refractivity contribution is -0.121. The van der Waals surface area contributed by atoms with Gasteiger partial charge in [-0.3, -0.25) is 28.9 Å². The molecule has 4 atom stereocenters. The van der Waals surface area contributed by atoms with Gasteiger partial charge in [-0.25, -0.2) is 9.97 Å². The fourth-order valence-corrected chi connectivity index (χ4v) is 9.33. The number of hydrogen-bond donors (Lipinski definition) is 2. The normalized spacial score (nSPS) is 23.4. The number of ketones is 1. The molecular formula is C46H58N12O. The molecule has 4 saturated heterocycles. The molecule has 59 heavy (non-hydrogen) atoms. The fraction of sp³-hybridized carbons (Fsp3) is 0.457. The number of carbonyl (C=O) groups excluding carboxylic acids is 1. The number of Topliss-reactive ketones (excluding diaryl/α,β-unsaturated/α-hetero) is 1. The van der Waals surface area contributed by atoms with E-state index in [2.05, 4.69) is 119 Å². The van der Waals surface area contributed by atoms with Crippen molar-refractivity contribution in [1.29, 1.82) is 0 Å². The Bertz CT molecular complexity index is 2390. The maximum atomic E-state index is 12.6. The lowest BCUT2D eigenvalue weighted by Gasteiger charge is -2.34. The fourth-order valence-electron chi connectivity index (χ4n) is 9.33. The number of nitrogens with one attached hydrogen (secondary N) is 2. The molecule has 13 heteroatoms. The van der Waals surface area contributed by atoms with Gasteiger partial charge < -0.3 is 24.9 Å². The first-order valence-corrected chi connectivity index (χ1v) is 21.5. The first-order chi connectivity index (χ1) is 28.8. The average Bonchev–Trinajstić information content (AvgIpc) is 3.91. The van der Waals surface area contributed by atoms with Crippen LogP contribution in [0.2, 0.25) is 0 Å². The van der Waals surface area contributed by atoms with Gasteiger partial charge in [-0.1, -0.05) is 24.3 Å². The number of piperazine rings is 2. The summed E-state index contributed by atoms with van der Waals surface area (Å²) in [4.78, 5) is 41.3. The molecule has 0 aromatic carbocycles. The highest BCUT2D eigenvalue weighted by Crippen LogP contribution is 2.34. The molecule has 6 aromatic heterocycles. The van der Waals surface area contributed by atoms with Crippen molar-refractivity contribution in [3.05, 3.63) is 119 Å². The van der Waals surface area contributed by atoms with Crippen molar-refractivity contribution in [2.75, 3.05) is 76.3 Å². The second-order valence-corrected chi connectivity index (χ2v) is 17.0. The Labute approximate surface area is 347 Å². The van der Waals surface area contributed by atoms with Gasteiger partial charge >= 0.3 is 0 Å². The highest BCUT2D eigenvalue weighted by atomic mass is 16.1. The molecule has 4 aliphatic rings. The van der Waals surface area contributed by atoms with Crippen LogP contribution in [0.25, 0.3) is 11.3 Å². The summed E-state index contributed by atoms with van der Waals surface area (Å²) in [5, 5.41) is 7.48. The largest absolute Gasteiger partial charge is 0.355 e. The van der Waals surface area contributed by atoms with E-state index in [1.165, 1.54) is 29.3 Å². The lowest BCUT2D eigenvalue weighted by atomic mass is 9.92. The molecule has 2 N–H and O–H groups in total. The molecular weight excluding hydrogens is 737 g/mol. The van der Waals surface area contributed by atoms with Gasteiger partial charge in [0.1, 0.15) is 28.7 Å². The van der Waals surface area contributed by atoms with E-state index < -0.39 is 0 Å². The number of anilines is 2. The Morgan fingerprint density at radius 1 is 0.559 bits per heavy atom. The van der Waals surface area contributed by atoms with E-state index in [0.29, 0.717) is 18.9 Å². The number of carbonyl (C=O) groups is 1. The van der Waals surface area contributed by atoms with Crippen LogP contribution in [-0.4, -0.2) is 111 Å². The van der Waals surface area contributed by atoms with E-state index in [0.717, 1.165) is 99.1 Å². The van der Waals surface area contributed by atoms with E-state index >= 15 is 0 Å². The Morgan fingerprint density at radius 2 is 1.03 bits per heavy atom. The number of fused-ring (bicyclic) bond motifs is 2. The smallest absolute Gasteiger partial charge is 0.138 e. The Balaban J connectivity index is 0.000000152. The third kappa shape index (κ3) is 8.47. The van der Waals surface area contributed by atoms with Crippen LogP contribution in [0.4, 0.5) is 11.6 Å². The molecule has 0 bridgehead atoms. The highest BCUT2D eigenvalue weighted by Gasteiger charge is 2.32. The monoisotopic (exact) mass is 794 g/mol. The molecule has 0 saturated carbocycles. The van der Waals surface area contributed by atoms with E-state index in [1.54, 1.807) is 6.20 Å². The van der Waals surface area contributed by atoms with Crippen molar-refractivity contribution in [2.45, 2.75) is 70.1 Å². The first-order valence-electron chi connectivity index (χ1n) is 21.5. The summed E-state index contributed by atoms with van der Waals surface area (Å²) < 4.78 is 4.44. The van der Waals surface area contributed by atoms with Crippen LogP contribution in [0.3, 0.4) is 0 Å². The summed E-state index contributed by atoms with van der Waals surface area (Å²) in [5.41, 5.74) is 8.53. The number of aryl methyl sites for hydroxylation is 2. The number of aromatic nitrogens is 6. The van der Waals surface area contributed by atoms with E-state index in [4.69, 9.17) is 9.97 Å². The van der Waals surface area contributed by atoms with Crippen molar-refractivity contribution >= 4 is 28.7 Å². The zero-order valence-corrected chi connectivity index (χ0v) is 35.0. The van der Waals surface area contributed by atoms with Crippen molar-refractivity contribution in [3.63, 3.8) is 0 Å². The molecule has 13 nitrogen and oxygen atoms in total. The second-order valence-electron chi connectivity index (χ2n) is 17.0. The molecule has 0 amide bonds. The number of pyridine rings is 4. The standard InChI is InChI=1S/C23H28N6O.C23H30N6/c1-16-5-4-8-24-23(16)19-14-17(30)13-18(25-19)20-15-29-21(26-20)6-3-7-22(29)28-11-9-27(2)10-12-28;1-17-6-5-11-24-23(17)19-8-3-7-18(25-19)20-16-29-21(26-20)9-4-10-22(29)28-14-12-27(2)13-15-28/h3-8,15,18-19,25H,9-14H2,1-2H3;4-6,9-11,16,18-19,25H,3,7-8,12-15H2,1-2H3/t;18-,19+/m.1/s1. The summed E-state index contributed by atoms with van der Waals surface area (Å²) in [5.74, 6) is 2.67. The summed E-state index contributed by atoms with van der Waals surface area (Å²) in [6.07, 6.45) is 12.4. The van der Waals surface area contributed by atoms with Gasteiger partial charge in [0.05, 0.1) is 46.9 Å². The van der Waals surface area contributed by atoms with Gasteiger partial charge in [-0.05, 0) is 94.7 Å². The second kappa shape index (κ2) is 17.2. The molecule has 308 valence electrons. The number of imidazole rings is 2. The topological polar surface area (TPSA) is 114 Å². The minimum absolute atomic E-state index is 0.0700. The van der Waals surface area contributed by atoms with Crippen molar-refractivity contribution in [1.82, 2.24) is 49.2 Å². The maximum Gasteiger partial charge on any atom is 0.138 e. The zero-order chi connectivity index (χ0) is 40.5. The minimum atomic E-state index is -0.0992. The van der Waals surface area contributed by atoms with Gasteiger partial charge in [0.15, 0.2) is 0 Å². The number of nitrogens with zero attached hydrogens (tertiary/aromatic N) is 10. The summed E-state index contributed by atoms with van der Waals surface area (Å²) in [6, 6.07) is 21.3. The number of likely N-dealkylation sites (N-methyl/N-ethyl adjacent to an activating group) is 2. The molecule has 10 heterocycles. The molecule has 0 spiro atoms. The van der Waals surface area contributed by atoms with Gasteiger partial charge in [-0.2, -0.15) is 0 Å². The average molecular weight is 795 g/mol. The van der Waals surface area contributed by atoms with Crippen LogP contribution in [0.5, 0.6) is 0 Å². The van der Waals surface area contributed by atoms with E-state index in [1.807, 2.05) is 37.4 Å². The lowest BCUT2D eigenvalue weighted by Crippen LogP contribution is -2.45. The third-order valence-corrected chi connectivity index (χ3v) is 12.8. The molecule has 4 fully saturated rings. The highest BCUT2D eigenvalue weighted by molar-refractivity contribution is 5.81. The molecule has 0 radical (unpaired) electrons. The Hall–Kier alpha value is -5.21. The number of hydrogen-bond acceptors (Lipinski definition) is 11. The predicted molar refractivity (Wildman–Crippen MR) is 233 cm³/mol. The van der Waals surface area contributed by atoms with Gasteiger partial charge in [-0.15, -0.1) is 0 Å². The van der Waals surface area contributed by atoms with Crippen molar-refractivity contribution in [3.8, 4) is 0 Å². The van der Waals surface area contributed by atoms with Crippen LogP contribution >= 0.6 is 0 Å². The quantitative estimate of drug-likeness (QED) is 0.211. The minimum Gasteiger partial charge on any atom is -0.355 e. The maximum absolute atomic E-state index is 12.6. The van der Waals surface area contributed by atoms with Crippen LogP contribution < -0.4 is 20.4 Å². The van der Waals surface area contributed by atoms with Gasteiger partial charge in [0, 0.05) is 90.0 Å². The van der Waals surface area contributed by atoms with Gasteiger partial charge in [0.2, 0.25) is 0 Å². The van der Waals surface area contributed by atoms with Crippen molar-refractivity contribution < 1.29 is 4.79 Å². The molecule has 10 rings (SSSR count). The van der Waals surface area contributed by atoms with Gasteiger partial charge in [0.25, 0.3) is 0 Å².